The molecular formula is C23H26N2O3. The summed E-state index contributed by atoms with van der Waals surface area (Å²) >= 11 is 0. The standard InChI is InChI=1S/C23H26N2O3/c1-18(27-23(26)22-15-20-9-5-6-10-21(20)28-22)16-24-11-13-25(14-12-24)17-19-7-3-2-4-8-19/h2-10,15,18H,11-14,16-17H2,1H3/t18-/m0/s1. The first-order valence-corrected chi connectivity index (χ1v) is 9.85. The molecule has 5 nitrogen and oxygen atoms in total. The number of esters is 1. The van der Waals surface area contributed by atoms with E-state index in [2.05, 4.69) is 40.1 Å². The summed E-state index contributed by atoms with van der Waals surface area (Å²) in [5.74, 6) is -0.132. The van der Waals surface area contributed by atoms with Crippen molar-refractivity contribution >= 4 is 16.9 Å². The maximum atomic E-state index is 12.4. The molecule has 1 aliphatic rings. The minimum Gasteiger partial charge on any atom is -0.455 e. The Hall–Kier alpha value is -2.63. The van der Waals surface area contributed by atoms with Crippen molar-refractivity contribution in [2.75, 3.05) is 32.7 Å². The Kier molecular flexibility index (Phi) is 5.74. The molecule has 1 aromatic heterocycles. The Morgan fingerprint density at radius 2 is 1.68 bits per heavy atom. The highest BCUT2D eigenvalue weighted by Crippen LogP contribution is 2.20. The molecule has 5 heteroatoms. The first kappa shape index (κ1) is 18.7. The van der Waals surface area contributed by atoms with Gasteiger partial charge in [-0.25, -0.2) is 4.79 Å². The third-order valence-electron chi connectivity index (χ3n) is 5.16. The molecule has 0 spiro atoms. The van der Waals surface area contributed by atoms with Crippen molar-refractivity contribution in [3.63, 3.8) is 0 Å². The van der Waals surface area contributed by atoms with E-state index in [9.17, 15) is 4.79 Å². The molecule has 1 fully saturated rings. The van der Waals surface area contributed by atoms with Crippen LogP contribution in [-0.4, -0.2) is 54.6 Å². The predicted molar refractivity (Wildman–Crippen MR) is 109 cm³/mol. The highest BCUT2D eigenvalue weighted by molar-refractivity contribution is 5.92. The minimum absolute atomic E-state index is 0.179. The fourth-order valence-electron chi connectivity index (χ4n) is 3.70. The summed E-state index contributed by atoms with van der Waals surface area (Å²) in [6.45, 7) is 7.70. The number of rotatable bonds is 6. The smallest absolute Gasteiger partial charge is 0.374 e. The number of hydrogen-bond donors (Lipinski definition) is 0. The van der Waals surface area contributed by atoms with Crippen molar-refractivity contribution in [1.82, 2.24) is 9.80 Å². The first-order valence-electron chi connectivity index (χ1n) is 9.85. The molecular weight excluding hydrogens is 352 g/mol. The lowest BCUT2D eigenvalue weighted by atomic mass is 10.2. The van der Waals surface area contributed by atoms with E-state index in [0.717, 1.165) is 44.7 Å². The lowest BCUT2D eigenvalue weighted by molar-refractivity contribution is 0.0163. The molecule has 1 saturated heterocycles. The SMILES string of the molecule is C[C@@H](CN1CCN(Cc2ccccc2)CC1)OC(=O)c1cc2ccccc2o1. The number of furan rings is 1. The molecule has 28 heavy (non-hydrogen) atoms. The largest absolute Gasteiger partial charge is 0.455 e. The van der Waals surface area contributed by atoms with Crippen LogP contribution in [0, 0.1) is 0 Å². The number of hydrogen-bond acceptors (Lipinski definition) is 5. The molecule has 0 radical (unpaired) electrons. The molecule has 0 bridgehead atoms. The number of carbonyl (C=O) groups excluding carboxylic acids is 1. The van der Waals surface area contributed by atoms with Gasteiger partial charge in [-0.1, -0.05) is 48.5 Å². The second-order valence-electron chi connectivity index (χ2n) is 7.43. The van der Waals surface area contributed by atoms with Crippen LogP contribution >= 0.6 is 0 Å². The van der Waals surface area contributed by atoms with Gasteiger partial charge in [-0.3, -0.25) is 9.80 Å². The predicted octanol–water partition coefficient (Wildman–Crippen LogP) is 3.80. The van der Waals surface area contributed by atoms with Crippen molar-refractivity contribution in [3.05, 3.63) is 72.0 Å². The number of fused-ring (bicyclic) bond motifs is 1. The summed E-state index contributed by atoms with van der Waals surface area (Å²) < 4.78 is 11.2. The molecule has 1 aliphatic heterocycles. The lowest BCUT2D eigenvalue weighted by Gasteiger charge is -2.35. The van der Waals surface area contributed by atoms with E-state index in [1.807, 2.05) is 31.2 Å². The van der Waals surface area contributed by atoms with Gasteiger partial charge in [0.2, 0.25) is 5.76 Å². The number of carbonyl (C=O) groups is 1. The van der Waals surface area contributed by atoms with Crippen LogP contribution in [0.25, 0.3) is 11.0 Å². The van der Waals surface area contributed by atoms with Gasteiger partial charge < -0.3 is 9.15 Å². The molecule has 0 saturated carbocycles. The molecule has 0 N–H and O–H groups in total. The monoisotopic (exact) mass is 378 g/mol. The van der Waals surface area contributed by atoms with Crippen LogP contribution in [0.5, 0.6) is 0 Å². The third-order valence-corrected chi connectivity index (χ3v) is 5.16. The summed E-state index contributed by atoms with van der Waals surface area (Å²) in [6.07, 6.45) is -0.179. The van der Waals surface area contributed by atoms with Crippen LogP contribution in [0.2, 0.25) is 0 Å². The molecule has 4 rings (SSSR count). The van der Waals surface area contributed by atoms with Gasteiger partial charge in [-0.2, -0.15) is 0 Å². The van der Waals surface area contributed by atoms with Crippen LogP contribution in [0.3, 0.4) is 0 Å². The molecule has 0 amide bonds. The summed E-state index contributed by atoms with van der Waals surface area (Å²) in [5.41, 5.74) is 2.06. The Labute approximate surface area is 165 Å². The minimum atomic E-state index is -0.397. The number of para-hydroxylation sites is 1. The topological polar surface area (TPSA) is 45.9 Å². The Bertz CT molecular complexity index is 881. The van der Waals surface area contributed by atoms with Crippen molar-refractivity contribution < 1.29 is 13.9 Å². The van der Waals surface area contributed by atoms with Gasteiger partial charge >= 0.3 is 5.97 Å². The van der Waals surface area contributed by atoms with E-state index >= 15 is 0 Å². The Balaban J connectivity index is 1.24. The fraction of sp³-hybridized carbons (Fsp3) is 0.348. The van der Waals surface area contributed by atoms with E-state index in [1.165, 1.54) is 5.56 Å². The van der Waals surface area contributed by atoms with E-state index in [4.69, 9.17) is 9.15 Å². The Morgan fingerprint density at radius 1 is 1.00 bits per heavy atom. The van der Waals surface area contributed by atoms with Crippen LogP contribution in [0.1, 0.15) is 23.0 Å². The summed E-state index contributed by atoms with van der Waals surface area (Å²) in [4.78, 5) is 17.2. The number of ether oxygens (including phenoxy) is 1. The lowest BCUT2D eigenvalue weighted by Crippen LogP contribution is -2.48. The average Bonchev–Trinajstić information content (AvgIpc) is 3.15. The second kappa shape index (κ2) is 8.59. The fourth-order valence-corrected chi connectivity index (χ4v) is 3.70. The van der Waals surface area contributed by atoms with E-state index in [0.29, 0.717) is 5.58 Å². The van der Waals surface area contributed by atoms with Gasteiger partial charge in [0.1, 0.15) is 11.7 Å². The molecule has 0 aliphatic carbocycles. The number of nitrogens with zero attached hydrogens (tertiary/aromatic N) is 2. The zero-order valence-corrected chi connectivity index (χ0v) is 16.2. The second-order valence-corrected chi connectivity index (χ2v) is 7.43. The first-order chi connectivity index (χ1) is 13.7. The summed E-state index contributed by atoms with van der Waals surface area (Å²) in [7, 11) is 0. The maximum absolute atomic E-state index is 12.4. The zero-order chi connectivity index (χ0) is 19.3. The van der Waals surface area contributed by atoms with Crippen LogP contribution in [0.4, 0.5) is 0 Å². The zero-order valence-electron chi connectivity index (χ0n) is 16.2. The molecule has 0 unspecified atom stereocenters. The molecule has 3 aromatic rings. The van der Waals surface area contributed by atoms with Crippen molar-refractivity contribution in [2.45, 2.75) is 19.6 Å². The highest BCUT2D eigenvalue weighted by atomic mass is 16.6. The van der Waals surface area contributed by atoms with E-state index in [1.54, 1.807) is 6.07 Å². The summed E-state index contributed by atoms with van der Waals surface area (Å²) in [6, 6.07) is 19.9. The quantitative estimate of drug-likeness (QED) is 0.611. The highest BCUT2D eigenvalue weighted by Gasteiger charge is 2.22. The number of piperazine rings is 1. The van der Waals surface area contributed by atoms with E-state index < -0.39 is 5.97 Å². The van der Waals surface area contributed by atoms with Crippen molar-refractivity contribution in [1.29, 1.82) is 0 Å². The average molecular weight is 378 g/mol. The molecule has 2 aromatic carbocycles. The number of benzene rings is 2. The molecule has 1 atom stereocenters. The molecule has 2 heterocycles. The molecule has 146 valence electrons. The van der Waals surface area contributed by atoms with Crippen LogP contribution < -0.4 is 0 Å². The Morgan fingerprint density at radius 3 is 2.43 bits per heavy atom. The van der Waals surface area contributed by atoms with Gasteiger partial charge in [0.05, 0.1) is 0 Å². The van der Waals surface area contributed by atoms with Crippen molar-refractivity contribution in [2.24, 2.45) is 0 Å². The van der Waals surface area contributed by atoms with Gasteiger partial charge in [-0.15, -0.1) is 0 Å². The van der Waals surface area contributed by atoms with Crippen LogP contribution in [0.15, 0.2) is 65.1 Å². The van der Waals surface area contributed by atoms with Gasteiger partial charge in [-0.05, 0) is 24.6 Å². The summed E-state index contributed by atoms with van der Waals surface area (Å²) in [5, 5.41) is 0.914. The van der Waals surface area contributed by atoms with Gasteiger partial charge in [0.15, 0.2) is 0 Å². The normalized spacial score (nSPS) is 16.9. The third kappa shape index (κ3) is 4.61. The van der Waals surface area contributed by atoms with E-state index in [-0.39, 0.29) is 11.9 Å². The van der Waals surface area contributed by atoms with Gasteiger partial charge in [0, 0.05) is 44.7 Å². The van der Waals surface area contributed by atoms with Crippen molar-refractivity contribution in [3.8, 4) is 0 Å². The van der Waals surface area contributed by atoms with Gasteiger partial charge in [0.25, 0.3) is 0 Å². The maximum Gasteiger partial charge on any atom is 0.374 e. The van der Waals surface area contributed by atoms with Crippen LogP contribution in [-0.2, 0) is 11.3 Å².